The molecule has 2 unspecified atom stereocenters. The average Bonchev–Trinajstić information content (AvgIpc) is 2.96. The van der Waals surface area contributed by atoms with Crippen molar-refractivity contribution in [3.8, 4) is 5.75 Å². The number of hydrogen-bond acceptors (Lipinski definition) is 4. The van der Waals surface area contributed by atoms with Crippen molar-refractivity contribution in [2.75, 3.05) is 20.3 Å². The zero-order valence-corrected chi connectivity index (χ0v) is 12.9. The van der Waals surface area contributed by atoms with Crippen molar-refractivity contribution in [3.05, 3.63) is 29.8 Å². The highest BCUT2D eigenvalue weighted by molar-refractivity contribution is 5.33. The number of likely N-dealkylation sites (N-methyl/N-ethyl adjacent to an activating group) is 1. The van der Waals surface area contributed by atoms with Gasteiger partial charge in [0, 0.05) is 18.9 Å². The van der Waals surface area contributed by atoms with Crippen LogP contribution in [-0.2, 0) is 15.9 Å². The first-order chi connectivity index (χ1) is 10.3. The maximum Gasteiger partial charge on any atom is 0.172 e. The normalized spacial score (nSPS) is 27.9. The molecule has 3 rings (SSSR count). The summed E-state index contributed by atoms with van der Waals surface area (Å²) < 4.78 is 18.1. The lowest BCUT2D eigenvalue weighted by atomic mass is 9.87. The molecule has 1 aliphatic heterocycles. The van der Waals surface area contributed by atoms with Crippen LogP contribution in [0.4, 0.5) is 0 Å². The van der Waals surface area contributed by atoms with E-state index in [0.717, 1.165) is 31.4 Å². The number of para-hydroxylation sites is 1. The Labute approximate surface area is 126 Å². The van der Waals surface area contributed by atoms with Crippen molar-refractivity contribution >= 4 is 0 Å². The summed E-state index contributed by atoms with van der Waals surface area (Å²) in [5.74, 6) is 0.569. The quantitative estimate of drug-likeness (QED) is 0.925. The summed E-state index contributed by atoms with van der Waals surface area (Å²) in [5.41, 5.74) is 1.25. The minimum Gasteiger partial charge on any atom is -0.488 e. The van der Waals surface area contributed by atoms with Gasteiger partial charge in [-0.05, 0) is 31.5 Å². The molecule has 1 aliphatic carbocycles. The molecule has 0 amide bonds. The predicted octanol–water partition coefficient (Wildman–Crippen LogP) is 2.51. The van der Waals surface area contributed by atoms with Crippen molar-refractivity contribution in [2.45, 2.75) is 50.5 Å². The van der Waals surface area contributed by atoms with Crippen molar-refractivity contribution in [1.82, 2.24) is 5.32 Å². The van der Waals surface area contributed by atoms with E-state index < -0.39 is 5.79 Å². The van der Waals surface area contributed by atoms with Crippen LogP contribution in [0.1, 0.15) is 31.7 Å². The van der Waals surface area contributed by atoms with Crippen LogP contribution >= 0.6 is 0 Å². The first-order valence-corrected chi connectivity index (χ1v) is 7.96. The van der Waals surface area contributed by atoms with E-state index >= 15 is 0 Å². The van der Waals surface area contributed by atoms with Crippen LogP contribution in [-0.4, -0.2) is 38.2 Å². The lowest BCUT2D eigenvalue weighted by Gasteiger charge is -2.41. The highest BCUT2D eigenvalue weighted by atomic mass is 16.7. The van der Waals surface area contributed by atoms with Crippen molar-refractivity contribution < 1.29 is 14.2 Å². The second kappa shape index (κ2) is 6.34. The van der Waals surface area contributed by atoms with Gasteiger partial charge in [-0.25, -0.2) is 0 Å². The first kappa shape index (κ1) is 14.8. The van der Waals surface area contributed by atoms with Gasteiger partial charge in [0.25, 0.3) is 0 Å². The molecule has 0 radical (unpaired) electrons. The topological polar surface area (TPSA) is 39.7 Å². The van der Waals surface area contributed by atoms with E-state index in [2.05, 4.69) is 30.4 Å². The van der Waals surface area contributed by atoms with Gasteiger partial charge in [-0.15, -0.1) is 0 Å². The molecule has 116 valence electrons. The van der Waals surface area contributed by atoms with E-state index in [-0.39, 0.29) is 6.10 Å². The molecule has 4 heteroatoms. The molecule has 4 nitrogen and oxygen atoms in total. The molecule has 2 aliphatic rings. The van der Waals surface area contributed by atoms with Gasteiger partial charge in [0.05, 0.1) is 13.2 Å². The Bertz CT molecular complexity index is 471. The van der Waals surface area contributed by atoms with Gasteiger partial charge in [-0.3, -0.25) is 0 Å². The van der Waals surface area contributed by atoms with Gasteiger partial charge in [-0.2, -0.15) is 0 Å². The van der Waals surface area contributed by atoms with Gasteiger partial charge in [-0.1, -0.05) is 25.1 Å². The lowest BCUT2D eigenvalue weighted by molar-refractivity contribution is -0.196. The van der Waals surface area contributed by atoms with Crippen LogP contribution in [0.3, 0.4) is 0 Å². The maximum atomic E-state index is 6.35. The molecule has 0 bridgehead atoms. The highest BCUT2D eigenvalue weighted by Crippen LogP contribution is 2.38. The average molecular weight is 291 g/mol. The monoisotopic (exact) mass is 291 g/mol. The number of benzene rings is 1. The van der Waals surface area contributed by atoms with Crippen LogP contribution in [0.2, 0.25) is 0 Å². The molecule has 2 fully saturated rings. The molecule has 1 aromatic carbocycles. The van der Waals surface area contributed by atoms with Crippen LogP contribution in [0, 0.1) is 0 Å². The summed E-state index contributed by atoms with van der Waals surface area (Å²) in [4.78, 5) is 0. The summed E-state index contributed by atoms with van der Waals surface area (Å²) in [6, 6.07) is 8.62. The van der Waals surface area contributed by atoms with Crippen molar-refractivity contribution in [2.24, 2.45) is 0 Å². The summed E-state index contributed by atoms with van der Waals surface area (Å²) >= 11 is 0. The molecule has 1 spiro atoms. The minimum absolute atomic E-state index is 0.0783. The van der Waals surface area contributed by atoms with Crippen LogP contribution in [0.15, 0.2) is 24.3 Å². The van der Waals surface area contributed by atoms with E-state index in [0.29, 0.717) is 19.3 Å². The van der Waals surface area contributed by atoms with E-state index in [1.807, 2.05) is 13.1 Å². The van der Waals surface area contributed by atoms with E-state index in [1.54, 1.807) is 0 Å². The van der Waals surface area contributed by atoms with Crippen LogP contribution in [0.5, 0.6) is 5.75 Å². The standard InChI is InChI=1S/C17H25NO3/c1-3-13-6-4-5-7-15(13)21-16-12-17(19-10-11-20-17)9-8-14(16)18-2/h4-7,14,16,18H,3,8-12H2,1-2H3. The molecule has 1 heterocycles. The minimum atomic E-state index is -0.417. The number of hydrogen-bond donors (Lipinski definition) is 1. The van der Waals surface area contributed by atoms with E-state index in [1.165, 1.54) is 5.56 Å². The molecule has 2 atom stereocenters. The number of nitrogens with one attached hydrogen (secondary N) is 1. The zero-order valence-electron chi connectivity index (χ0n) is 12.9. The molecule has 1 N–H and O–H groups in total. The Hall–Kier alpha value is -1.10. The first-order valence-electron chi connectivity index (χ1n) is 7.96. The summed E-state index contributed by atoms with van der Waals surface area (Å²) in [6.45, 7) is 3.55. The zero-order chi connectivity index (χ0) is 14.7. The maximum absolute atomic E-state index is 6.35. The smallest absolute Gasteiger partial charge is 0.172 e. The third-order valence-corrected chi connectivity index (χ3v) is 4.61. The van der Waals surface area contributed by atoms with Crippen molar-refractivity contribution in [1.29, 1.82) is 0 Å². The lowest BCUT2D eigenvalue weighted by Crippen LogP contribution is -2.52. The summed E-state index contributed by atoms with van der Waals surface area (Å²) in [5, 5.41) is 3.38. The Morgan fingerprint density at radius 2 is 2.05 bits per heavy atom. The Kier molecular flexibility index (Phi) is 4.48. The second-order valence-electron chi connectivity index (χ2n) is 5.86. The van der Waals surface area contributed by atoms with Crippen LogP contribution in [0.25, 0.3) is 0 Å². The molecular weight excluding hydrogens is 266 g/mol. The Morgan fingerprint density at radius 3 is 2.76 bits per heavy atom. The van der Waals surface area contributed by atoms with Gasteiger partial charge in [0.1, 0.15) is 11.9 Å². The fourth-order valence-electron chi connectivity index (χ4n) is 3.40. The third kappa shape index (κ3) is 3.07. The Balaban J connectivity index is 1.77. The highest BCUT2D eigenvalue weighted by Gasteiger charge is 2.45. The number of ether oxygens (including phenoxy) is 3. The van der Waals surface area contributed by atoms with E-state index in [9.17, 15) is 0 Å². The molecule has 1 saturated heterocycles. The largest absolute Gasteiger partial charge is 0.488 e. The molecular formula is C17H25NO3. The fourth-order valence-corrected chi connectivity index (χ4v) is 3.40. The summed E-state index contributed by atoms with van der Waals surface area (Å²) in [6.07, 6.45) is 3.79. The SMILES string of the molecule is CCc1ccccc1OC1CC2(CCC1NC)OCCO2. The predicted molar refractivity (Wildman–Crippen MR) is 81.6 cm³/mol. The fraction of sp³-hybridized carbons (Fsp3) is 0.647. The second-order valence-corrected chi connectivity index (χ2v) is 5.86. The molecule has 0 aromatic heterocycles. The van der Waals surface area contributed by atoms with Gasteiger partial charge >= 0.3 is 0 Å². The Morgan fingerprint density at radius 1 is 1.29 bits per heavy atom. The molecule has 21 heavy (non-hydrogen) atoms. The summed E-state index contributed by atoms with van der Waals surface area (Å²) in [7, 11) is 2.00. The van der Waals surface area contributed by atoms with Gasteiger partial charge in [0.2, 0.25) is 0 Å². The number of rotatable bonds is 4. The number of aryl methyl sites for hydroxylation is 1. The van der Waals surface area contributed by atoms with E-state index in [4.69, 9.17) is 14.2 Å². The molecule has 1 saturated carbocycles. The van der Waals surface area contributed by atoms with Gasteiger partial charge in [0.15, 0.2) is 5.79 Å². The third-order valence-electron chi connectivity index (χ3n) is 4.61. The van der Waals surface area contributed by atoms with Gasteiger partial charge < -0.3 is 19.5 Å². The van der Waals surface area contributed by atoms with Crippen LogP contribution < -0.4 is 10.1 Å². The molecule has 1 aromatic rings. The van der Waals surface area contributed by atoms with Crippen molar-refractivity contribution in [3.63, 3.8) is 0 Å².